The summed E-state index contributed by atoms with van der Waals surface area (Å²) >= 11 is 0. The van der Waals surface area contributed by atoms with Crippen LogP contribution in [0.15, 0.2) is 18.3 Å². The molecule has 0 bridgehead atoms. The molecule has 0 saturated carbocycles. The maximum Gasteiger partial charge on any atom is 0.128 e. The smallest absolute Gasteiger partial charge is 0.128 e. The topological polar surface area (TPSA) is 37.4 Å². The van der Waals surface area contributed by atoms with E-state index in [0.717, 1.165) is 44.9 Å². The summed E-state index contributed by atoms with van der Waals surface area (Å²) in [6, 6.07) is 4.69. The molecule has 1 fully saturated rings. The number of rotatable bonds is 6. The van der Waals surface area contributed by atoms with Crippen LogP contribution in [0.5, 0.6) is 0 Å². The van der Waals surface area contributed by atoms with Crippen molar-refractivity contribution in [3.05, 3.63) is 23.9 Å². The highest BCUT2D eigenvalue weighted by molar-refractivity contribution is 5.40. The quantitative estimate of drug-likeness (QED) is 0.867. The number of morpholine rings is 1. The van der Waals surface area contributed by atoms with Gasteiger partial charge in [-0.2, -0.15) is 0 Å². The Morgan fingerprint density at radius 1 is 1.45 bits per heavy atom. The molecule has 2 unspecified atom stereocenters. The predicted octanol–water partition coefficient (Wildman–Crippen LogP) is 2.76. The van der Waals surface area contributed by atoms with Gasteiger partial charge >= 0.3 is 0 Å². The number of anilines is 1. The molecule has 2 rings (SSSR count). The lowest BCUT2D eigenvalue weighted by atomic mass is 10.1. The van der Waals surface area contributed by atoms with Gasteiger partial charge in [0.1, 0.15) is 5.82 Å². The molecule has 1 aromatic rings. The van der Waals surface area contributed by atoms with Gasteiger partial charge in [-0.1, -0.05) is 19.9 Å². The highest BCUT2D eigenvalue weighted by Gasteiger charge is 2.20. The second kappa shape index (κ2) is 7.60. The Morgan fingerprint density at radius 3 is 2.95 bits per heavy atom. The van der Waals surface area contributed by atoms with Crippen LogP contribution in [0.1, 0.15) is 45.2 Å². The molecule has 1 aliphatic rings. The lowest BCUT2D eigenvalue weighted by Crippen LogP contribution is -2.42. The number of ether oxygens (including phenoxy) is 1. The summed E-state index contributed by atoms with van der Waals surface area (Å²) in [5.41, 5.74) is 1.25. The van der Waals surface area contributed by atoms with Crippen LogP contribution in [0.2, 0.25) is 0 Å². The van der Waals surface area contributed by atoms with Crippen molar-refractivity contribution >= 4 is 5.82 Å². The van der Waals surface area contributed by atoms with Crippen molar-refractivity contribution in [2.24, 2.45) is 0 Å². The minimum absolute atomic E-state index is 0.343. The van der Waals surface area contributed by atoms with E-state index in [-0.39, 0.29) is 0 Å². The molecule has 20 heavy (non-hydrogen) atoms. The Labute approximate surface area is 122 Å². The Bertz CT molecular complexity index is 393. The van der Waals surface area contributed by atoms with Crippen LogP contribution in [-0.2, 0) is 4.74 Å². The molecule has 4 nitrogen and oxygen atoms in total. The summed E-state index contributed by atoms with van der Waals surface area (Å²) in [6.07, 6.45) is 4.56. The van der Waals surface area contributed by atoms with E-state index in [0.29, 0.717) is 12.1 Å². The first-order valence-corrected chi connectivity index (χ1v) is 7.80. The molecule has 0 amide bonds. The number of hydrogen-bond donors (Lipinski definition) is 1. The maximum absolute atomic E-state index is 5.71. The van der Waals surface area contributed by atoms with E-state index in [1.165, 1.54) is 5.56 Å². The van der Waals surface area contributed by atoms with Crippen LogP contribution >= 0.6 is 0 Å². The average molecular weight is 277 g/mol. The molecule has 0 spiro atoms. The zero-order valence-corrected chi connectivity index (χ0v) is 12.9. The minimum Gasteiger partial charge on any atom is -0.375 e. The van der Waals surface area contributed by atoms with Gasteiger partial charge in [-0.25, -0.2) is 4.98 Å². The molecule has 1 N–H and O–H groups in total. The summed E-state index contributed by atoms with van der Waals surface area (Å²) < 4.78 is 5.71. The first-order valence-electron chi connectivity index (χ1n) is 7.80. The van der Waals surface area contributed by atoms with Crippen LogP contribution in [0.25, 0.3) is 0 Å². The van der Waals surface area contributed by atoms with E-state index in [1.807, 2.05) is 6.20 Å². The zero-order valence-electron chi connectivity index (χ0n) is 12.9. The van der Waals surface area contributed by atoms with Crippen LogP contribution in [0.3, 0.4) is 0 Å². The molecule has 1 aromatic heterocycles. The fourth-order valence-electron chi connectivity index (χ4n) is 2.49. The minimum atomic E-state index is 0.343. The third-order valence-corrected chi connectivity index (χ3v) is 3.89. The Hall–Kier alpha value is -1.13. The summed E-state index contributed by atoms with van der Waals surface area (Å²) in [4.78, 5) is 6.96. The highest BCUT2D eigenvalue weighted by atomic mass is 16.5. The average Bonchev–Trinajstić information content (AvgIpc) is 2.52. The molecule has 4 heteroatoms. The van der Waals surface area contributed by atoms with Gasteiger partial charge in [-0.3, -0.25) is 0 Å². The SMILES string of the molecule is CCCNC(C)c1ccc(N2CCOC(CC)C2)nc1. The zero-order chi connectivity index (χ0) is 14.4. The van der Waals surface area contributed by atoms with Gasteiger partial charge in [0.15, 0.2) is 0 Å². The van der Waals surface area contributed by atoms with Gasteiger partial charge in [0.05, 0.1) is 12.7 Å². The fourth-order valence-corrected chi connectivity index (χ4v) is 2.49. The molecule has 0 aliphatic carbocycles. The maximum atomic E-state index is 5.71. The Morgan fingerprint density at radius 2 is 2.30 bits per heavy atom. The largest absolute Gasteiger partial charge is 0.375 e. The van der Waals surface area contributed by atoms with Crippen molar-refractivity contribution in [2.75, 3.05) is 31.1 Å². The van der Waals surface area contributed by atoms with Crippen LogP contribution in [0.4, 0.5) is 5.82 Å². The van der Waals surface area contributed by atoms with Crippen molar-refractivity contribution in [3.8, 4) is 0 Å². The first-order chi connectivity index (χ1) is 9.74. The number of nitrogens with zero attached hydrogens (tertiary/aromatic N) is 2. The van der Waals surface area contributed by atoms with Crippen molar-refractivity contribution in [1.29, 1.82) is 0 Å². The van der Waals surface area contributed by atoms with Gasteiger partial charge in [0, 0.05) is 25.3 Å². The fraction of sp³-hybridized carbons (Fsp3) is 0.688. The summed E-state index contributed by atoms with van der Waals surface area (Å²) in [5.74, 6) is 1.07. The molecule has 1 saturated heterocycles. The number of hydrogen-bond acceptors (Lipinski definition) is 4. The third kappa shape index (κ3) is 3.93. The van der Waals surface area contributed by atoms with E-state index in [1.54, 1.807) is 0 Å². The summed E-state index contributed by atoms with van der Waals surface area (Å²) in [5, 5.41) is 3.49. The number of nitrogens with one attached hydrogen (secondary N) is 1. The van der Waals surface area contributed by atoms with Crippen molar-refractivity contribution in [1.82, 2.24) is 10.3 Å². The number of aromatic nitrogens is 1. The second-order valence-corrected chi connectivity index (χ2v) is 5.47. The molecule has 1 aliphatic heterocycles. The predicted molar refractivity (Wildman–Crippen MR) is 83.2 cm³/mol. The number of pyridine rings is 1. The molecule has 2 heterocycles. The second-order valence-electron chi connectivity index (χ2n) is 5.47. The Kier molecular flexibility index (Phi) is 5.80. The lowest BCUT2D eigenvalue weighted by Gasteiger charge is -2.33. The van der Waals surface area contributed by atoms with Gasteiger partial charge < -0.3 is 15.0 Å². The van der Waals surface area contributed by atoms with E-state index in [4.69, 9.17) is 4.74 Å². The lowest BCUT2D eigenvalue weighted by molar-refractivity contribution is 0.0381. The summed E-state index contributed by atoms with van der Waals surface area (Å²) in [7, 11) is 0. The monoisotopic (exact) mass is 277 g/mol. The van der Waals surface area contributed by atoms with E-state index < -0.39 is 0 Å². The van der Waals surface area contributed by atoms with Crippen LogP contribution in [-0.4, -0.2) is 37.3 Å². The van der Waals surface area contributed by atoms with Gasteiger partial charge in [0.25, 0.3) is 0 Å². The van der Waals surface area contributed by atoms with E-state index in [2.05, 4.69) is 48.1 Å². The van der Waals surface area contributed by atoms with E-state index in [9.17, 15) is 0 Å². The highest BCUT2D eigenvalue weighted by Crippen LogP contribution is 2.19. The van der Waals surface area contributed by atoms with E-state index >= 15 is 0 Å². The Balaban J connectivity index is 1.97. The summed E-state index contributed by atoms with van der Waals surface area (Å²) in [6.45, 7) is 10.3. The molecule has 112 valence electrons. The molecular formula is C16H27N3O. The standard InChI is InChI=1S/C16H27N3O/c1-4-8-17-13(3)14-6-7-16(18-11-14)19-9-10-20-15(5-2)12-19/h6-7,11,13,15,17H,4-5,8-10,12H2,1-3H3. The van der Waals surface area contributed by atoms with Crippen molar-refractivity contribution in [2.45, 2.75) is 45.8 Å². The molecule has 2 atom stereocenters. The normalized spacial score (nSPS) is 20.9. The molecule has 0 aromatic carbocycles. The molecular weight excluding hydrogens is 250 g/mol. The first kappa shape index (κ1) is 15.3. The van der Waals surface area contributed by atoms with Gasteiger partial charge in [-0.05, 0) is 37.9 Å². The molecule has 0 radical (unpaired) electrons. The van der Waals surface area contributed by atoms with Crippen LogP contribution < -0.4 is 10.2 Å². The third-order valence-electron chi connectivity index (χ3n) is 3.89. The van der Waals surface area contributed by atoms with Crippen LogP contribution in [0, 0.1) is 0 Å². The van der Waals surface area contributed by atoms with Gasteiger partial charge in [0.2, 0.25) is 0 Å². The van der Waals surface area contributed by atoms with Crippen molar-refractivity contribution in [3.63, 3.8) is 0 Å². The van der Waals surface area contributed by atoms with Crippen molar-refractivity contribution < 1.29 is 4.74 Å². The van der Waals surface area contributed by atoms with Gasteiger partial charge in [-0.15, -0.1) is 0 Å².